The van der Waals surface area contributed by atoms with Gasteiger partial charge in [0.25, 0.3) is 5.89 Å². The zero-order chi connectivity index (χ0) is 13.5. The van der Waals surface area contributed by atoms with E-state index in [1.165, 1.54) is 0 Å². The summed E-state index contributed by atoms with van der Waals surface area (Å²) in [6.07, 6.45) is 0.591. The van der Waals surface area contributed by atoms with Gasteiger partial charge in [-0.2, -0.15) is 4.98 Å². The SMILES string of the molecule is Cc1cc(Br)ccc1-c1noc(C2(O)CCNC2)n1. The second-order valence-corrected chi connectivity index (χ2v) is 5.76. The van der Waals surface area contributed by atoms with E-state index in [1.54, 1.807) is 0 Å². The van der Waals surface area contributed by atoms with Crippen LogP contribution in [0, 0.1) is 6.92 Å². The average molecular weight is 324 g/mol. The lowest BCUT2D eigenvalue weighted by atomic mass is 10.0. The Kier molecular flexibility index (Phi) is 3.16. The predicted octanol–water partition coefficient (Wildman–Crippen LogP) is 1.99. The minimum absolute atomic E-state index is 0.287. The summed E-state index contributed by atoms with van der Waals surface area (Å²) in [4.78, 5) is 4.34. The third-order valence-corrected chi connectivity index (χ3v) is 3.88. The molecule has 2 aromatic rings. The van der Waals surface area contributed by atoms with Crippen molar-refractivity contribution in [2.24, 2.45) is 0 Å². The lowest BCUT2D eigenvalue weighted by molar-refractivity contribution is 0.0243. The maximum absolute atomic E-state index is 10.4. The molecule has 1 aromatic heterocycles. The van der Waals surface area contributed by atoms with Crippen LogP contribution in [0.15, 0.2) is 27.2 Å². The molecule has 1 aliphatic heterocycles. The molecular formula is C13H14BrN3O2. The highest BCUT2D eigenvalue weighted by atomic mass is 79.9. The number of nitrogens with zero attached hydrogens (tertiary/aromatic N) is 2. The average Bonchev–Trinajstić information content (AvgIpc) is 2.99. The fraction of sp³-hybridized carbons (Fsp3) is 0.385. The highest BCUT2D eigenvalue weighted by Crippen LogP contribution is 2.29. The monoisotopic (exact) mass is 323 g/mol. The van der Waals surface area contributed by atoms with E-state index in [9.17, 15) is 5.11 Å². The van der Waals surface area contributed by atoms with E-state index in [-0.39, 0.29) is 5.89 Å². The summed E-state index contributed by atoms with van der Waals surface area (Å²) in [5.41, 5.74) is 0.931. The van der Waals surface area contributed by atoms with Crippen molar-refractivity contribution >= 4 is 15.9 Å². The van der Waals surface area contributed by atoms with Gasteiger partial charge in [-0.1, -0.05) is 21.1 Å². The lowest BCUT2D eigenvalue weighted by Crippen LogP contribution is -2.28. The molecule has 0 amide bonds. The van der Waals surface area contributed by atoms with E-state index in [2.05, 4.69) is 31.4 Å². The molecule has 1 aliphatic rings. The Bertz CT molecular complexity index is 606. The summed E-state index contributed by atoms with van der Waals surface area (Å²) in [6, 6.07) is 5.87. The normalized spacial score (nSPS) is 22.9. The number of aliphatic hydroxyl groups is 1. The summed E-state index contributed by atoms with van der Waals surface area (Å²) < 4.78 is 6.24. The van der Waals surface area contributed by atoms with E-state index >= 15 is 0 Å². The number of hydrogen-bond donors (Lipinski definition) is 2. The molecule has 6 heteroatoms. The highest BCUT2D eigenvalue weighted by molar-refractivity contribution is 9.10. The fourth-order valence-corrected chi connectivity index (χ4v) is 2.74. The van der Waals surface area contributed by atoms with Gasteiger partial charge < -0.3 is 14.9 Å². The zero-order valence-electron chi connectivity index (χ0n) is 10.5. The Labute approximate surface area is 119 Å². The molecule has 1 aromatic carbocycles. The molecule has 5 nitrogen and oxygen atoms in total. The summed E-state index contributed by atoms with van der Waals surface area (Å²) >= 11 is 3.42. The van der Waals surface area contributed by atoms with Crippen LogP contribution in [-0.4, -0.2) is 28.3 Å². The Morgan fingerprint density at radius 1 is 1.47 bits per heavy atom. The van der Waals surface area contributed by atoms with Gasteiger partial charge in [-0.15, -0.1) is 0 Å². The van der Waals surface area contributed by atoms with Gasteiger partial charge in [-0.05, 0) is 43.7 Å². The quantitative estimate of drug-likeness (QED) is 0.884. The second-order valence-electron chi connectivity index (χ2n) is 4.84. The summed E-state index contributed by atoms with van der Waals surface area (Å²) in [5, 5.41) is 17.4. The Morgan fingerprint density at radius 3 is 3.00 bits per heavy atom. The zero-order valence-corrected chi connectivity index (χ0v) is 12.1. The molecule has 1 fully saturated rings. The second kappa shape index (κ2) is 4.70. The predicted molar refractivity (Wildman–Crippen MR) is 73.6 cm³/mol. The maximum atomic E-state index is 10.4. The fourth-order valence-electron chi connectivity index (χ4n) is 2.26. The van der Waals surface area contributed by atoms with Crippen LogP contribution >= 0.6 is 15.9 Å². The lowest BCUT2D eigenvalue weighted by Gasteiger charge is -2.14. The standard InChI is InChI=1S/C13H14BrN3O2/c1-8-6-9(14)2-3-10(8)11-16-12(19-17-11)13(18)4-5-15-7-13/h2-3,6,15,18H,4-5,7H2,1H3. The molecular weight excluding hydrogens is 310 g/mol. The van der Waals surface area contributed by atoms with Gasteiger partial charge in [0.1, 0.15) is 0 Å². The molecule has 19 heavy (non-hydrogen) atoms. The number of benzene rings is 1. The van der Waals surface area contributed by atoms with Crippen molar-refractivity contribution in [3.8, 4) is 11.4 Å². The Hall–Kier alpha value is -1.24. The first kappa shape index (κ1) is 12.8. The molecule has 0 spiro atoms. The van der Waals surface area contributed by atoms with Crippen LogP contribution in [0.25, 0.3) is 11.4 Å². The number of nitrogens with one attached hydrogen (secondary N) is 1. The van der Waals surface area contributed by atoms with Crippen molar-refractivity contribution in [1.82, 2.24) is 15.5 Å². The van der Waals surface area contributed by atoms with Gasteiger partial charge in [-0.25, -0.2) is 0 Å². The summed E-state index contributed by atoms with van der Waals surface area (Å²) in [7, 11) is 0. The van der Waals surface area contributed by atoms with Crippen LogP contribution in [0.2, 0.25) is 0 Å². The first-order chi connectivity index (χ1) is 9.08. The molecule has 100 valence electrons. The number of rotatable bonds is 2. The van der Waals surface area contributed by atoms with Gasteiger partial charge in [0.15, 0.2) is 5.60 Å². The van der Waals surface area contributed by atoms with Gasteiger partial charge >= 0.3 is 0 Å². The number of halogens is 1. The number of aromatic nitrogens is 2. The van der Waals surface area contributed by atoms with Crippen molar-refractivity contribution in [2.45, 2.75) is 18.9 Å². The Balaban J connectivity index is 1.97. The minimum atomic E-state index is -1.03. The highest BCUT2D eigenvalue weighted by Gasteiger charge is 2.38. The van der Waals surface area contributed by atoms with Crippen molar-refractivity contribution in [1.29, 1.82) is 0 Å². The van der Waals surface area contributed by atoms with Crippen LogP contribution < -0.4 is 5.32 Å². The summed E-state index contributed by atoms with van der Waals surface area (Å²) in [5.74, 6) is 0.801. The van der Waals surface area contributed by atoms with Crippen LogP contribution in [0.1, 0.15) is 17.9 Å². The largest absolute Gasteiger partial charge is 0.379 e. The molecule has 2 heterocycles. The molecule has 1 atom stereocenters. The molecule has 2 N–H and O–H groups in total. The molecule has 0 radical (unpaired) electrons. The first-order valence-electron chi connectivity index (χ1n) is 6.12. The smallest absolute Gasteiger partial charge is 0.260 e. The Morgan fingerprint density at radius 2 is 2.32 bits per heavy atom. The van der Waals surface area contributed by atoms with Gasteiger partial charge in [-0.3, -0.25) is 0 Å². The number of β-amino-alcohol motifs (C(OH)–C–C–N with tert-alkyl or cyclic N) is 1. The van der Waals surface area contributed by atoms with Crippen molar-refractivity contribution < 1.29 is 9.63 Å². The maximum Gasteiger partial charge on any atom is 0.260 e. The van der Waals surface area contributed by atoms with Crippen LogP contribution in [0.3, 0.4) is 0 Å². The van der Waals surface area contributed by atoms with Crippen molar-refractivity contribution in [3.63, 3.8) is 0 Å². The van der Waals surface area contributed by atoms with Gasteiger partial charge in [0.2, 0.25) is 5.82 Å². The topological polar surface area (TPSA) is 71.2 Å². The van der Waals surface area contributed by atoms with Gasteiger partial charge in [0, 0.05) is 16.6 Å². The van der Waals surface area contributed by atoms with E-state index in [4.69, 9.17) is 4.52 Å². The van der Waals surface area contributed by atoms with E-state index < -0.39 is 5.60 Å². The third-order valence-electron chi connectivity index (χ3n) is 3.39. The minimum Gasteiger partial charge on any atom is -0.379 e. The first-order valence-corrected chi connectivity index (χ1v) is 6.92. The van der Waals surface area contributed by atoms with E-state index in [1.807, 2.05) is 25.1 Å². The molecule has 0 aliphatic carbocycles. The molecule has 1 saturated heterocycles. The number of hydrogen-bond acceptors (Lipinski definition) is 5. The molecule has 1 unspecified atom stereocenters. The van der Waals surface area contributed by atoms with Crippen LogP contribution in [-0.2, 0) is 5.60 Å². The van der Waals surface area contributed by atoms with Crippen LogP contribution in [0.5, 0.6) is 0 Å². The summed E-state index contributed by atoms with van der Waals surface area (Å²) in [6.45, 7) is 3.20. The third kappa shape index (κ3) is 2.31. The van der Waals surface area contributed by atoms with Crippen molar-refractivity contribution in [2.75, 3.05) is 13.1 Å². The van der Waals surface area contributed by atoms with Crippen molar-refractivity contribution in [3.05, 3.63) is 34.1 Å². The molecule has 0 bridgehead atoms. The number of aryl methyl sites for hydroxylation is 1. The van der Waals surface area contributed by atoms with E-state index in [0.29, 0.717) is 18.8 Å². The molecule has 0 saturated carbocycles. The van der Waals surface area contributed by atoms with Gasteiger partial charge in [0.05, 0.1) is 0 Å². The van der Waals surface area contributed by atoms with Crippen LogP contribution in [0.4, 0.5) is 0 Å². The molecule has 3 rings (SSSR count). The van der Waals surface area contributed by atoms with E-state index in [0.717, 1.165) is 22.1 Å².